The van der Waals surface area contributed by atoms with Crippen LogP contribution in [0.4, 0.5) is 9.39 Å². The summed E-state index contributed by atoms with van der Waals surface area (Å²) in [6.07, 6.45) is 0.293. The smallest absolute Gasteiger partial charge is 0.359 e. The van der Waals surface area contributed by atoms with Gasteiger partial charge in [-0.2, -0.15) is 9.78 Å². The predicted molar refractivity (Wildman–Crippen MR) is 109 cm³/mol. The van der Waals surface area contributed by atoms with Crippen LogP contribution in [0.15, 0.2) is 34.4 Å². The fourth-order valence-electron chi connectivity index (χ4n) is 2.80. The van der Waals surface area contributed by atoms with Gasteiger partial charge in [0.15, 0.2) is 5.69 Å². The lowest BCUT2D eigenvalue weighted by atomic mass is 10.1. The zero-order chi connectivity index (χ0) is 21.1. The molecule has 2 heterocycles. The number of hydrogen-bond acceptors (Lipinski definition) is 6. The second-order valence-electron chi connectivity index (χ2n) is 6.76. The number of carbonyl (C=O) groups excluding carboxylic acids is 2. The molecule has 0 aliphatic rings. The lowest BCUT2D eigenvalue weighted by Gasteiger charge is -2.10. The molecule has 3 aromatic rings. The Labute approximate surface area is 170 Å². The van der Waals surface area contributed by atoms with E-state index in [-0.39, 0.29) is 35.2 Å². The van der Waals surface area contributed by atoms with E-state index in [1.54, 1.807) is 12.3 Å². The Morgan fingerprint density at radius 2 is 1.97 bits per heavy atom. The van der Waals surface area contributed by atoms with Gasteiger partial charge in [-0.1, -0.05) is 13.8 Å². The van der Waals surface area contributed by atoms with Crippen LogP contribution in [0.5, 0.6) is 0 Å². The van der Waals surface area contributed by atoms with Crippen molar-refractivity contribution in [1.29, 1.82) is 0 Å². The minimum absolute atomic E-state index is 0.0496. The van der Waals surface area contributed by atoms with Crippen molar-refractivity contribution >= 4 is 39.0 Å². The normalized spacial score (nSPS) is 11.1. The monoisotopic (exact) mass is 417 g/mol. The highest BCUT2D eigenvalue weighted by molar-refractivity contribution is 7.16. The number of thiophene rings is 1. The molecule has 0 fully saturated rings. The first-order chi connectivity index (χ1) is 13.8. The van der Waals surface area contributed by atoms with Gasteiger partial charge in [0.05, 0.1) is 17.7 Å². The summed E-state index contributed by atoms with van der Waals surface area (Å²) in [5, 5.41) is 9.30. The van der Waals surface area contributed by atoms with E-state index in [0.29, 0.717) is 16.8 Å². The van der Waals surface area contributed by atoms with Gasteiger partial charge in [0.2, 0.25) is 5.91 Å². The number of anilines is 1. The molecular weight excluding hydrogens is 397 g/mol. The van der Waals surface area contributed by atoms with E-state index >= 15 is 0 Å². The second-order valence-corrected chi connectivity index (χ2v) is 7.64. The van der Waals surface area contributed by atoms with Crippen LogP contribution in [0.25, 0.3) is 16.5 Å². The quantitative estimate of drug-likeness (QED) is 0.617. The molecule has 3 rings (SSSR count). The van der Waals surface area contributed by atoms with Gasteiger partial charge < -0.3 is 10.1 Å². The SMILES string of the molecule is CCOC(=O)c1nn(-c2ccc(F)cc2)c(=O)c2c(NC(=O)CC(C)C)scc12. The molecule has 9 heteroatoms. The number of rotatable bonds is 6. The largest absolute Gasteiger partial charge is 0.461 e. The van der Waals surface area contributed by atoms with E-state index in [9.17, 15) is 18.8 Å². The summed E-state index contributed by atoms with van der Waals surface area (Å²) in [5.41, 5.74) is -0.290. The summed E-state index contributed by atoms with van der Waals surface area (Å²) in [4.78, 5) is 37.8. The van der Waals surface area contributed by atoms with Gasteiger partial charge in [0.25, 0.3) is 5.56 Å². The number of nitrogens with zero attached hydrogens (tertiary/aromatic N) is 2. The van der Waals surface area contributed by atoms with Crippen LogP contribution in [-0.4, -0.2) is 28.3 Å². The zero-order valence-corrected chi connectivity index (χ0v) is 17.0. The molecule has 0 aliphatic heterocycles. The summed E-state index contributed by atoms with van der Waals surface area (Å²) < 4.78 is 19.4. The predicted octanol–water partition coefficient (Wildman–Crippen LogP) is 3.75. The van der Waals surface area contributed by atoms with Crippen LogP contribution in [0.1, 0.15) is 37.7 Å². The molecule has 0 saturated carbocycles. The third-order valence-electron chi connectivity index (χ3n) is 4.04. The second kappa shape index (κ2) is 8.52. The molecule has 1 N–H and O–H groups in total. The Balaban J connectivity index is 2.21. The van der Waals surface area contributed by atoms with Crippen molar-refractivity contribution in [3.05, 3.63) is 51.5 Å². The minimum atomic E-state index is -0.689. The molecule has 2 aromatic heterocycles. The molecule has 0 radical (unpaired) electrons. The number of halogens is 1. The molecule has 1 aromatic carbocycles. The Bertz CT molecular complexity index is 1120. The van der Waals surface area contributed by atoms with E-state index < -0.39 is 17.3 Å². The number of amides is 1. The number of carbonyl (C=O) groups is 2. The molecule has 1 amide bonds. The molecule has 0 aliphatic carbocycles. The van der Waals surface area contributed by atoms with Crippen LogP contribution in [-0.2, 0) is 9.53 Å². The van der Waals surface area contributed by atoms with Crippen molar-refractivity contribution in [3.8, 4) is 5.69 Å². The zero-order valence-electron chi connectivity index (χ0n) is 16.2. The van der Waals surface area contributed by atoms with Gasteiger partial charge in [-0.25, -0.2) is 9.18 Å². The Hall–Kier alpha value is -3.07. The van der Waals surface area contributed by atoms with Crippen LogP contribution < -0.4 is 10.9 Å². The highest BCUT2D eigenvalue weighted by Crippen LogP contribution is 2.31. The van der Waals surface area contributed by atoms with Gasteiger partial charge in [-0.05, 0) is 37.1 Å². The first-order valence-corrected chi connectivity index (χ1v) is 9.97. The average Bonchev–Trinajstić information content (AvgIpc) is 3.06. The molecule has 0 unspecified atom stereocenters. The molecule has 0 atom stereocenters. The summed E-state index contributed by atoms with van der Waals surface area (Å²) >= 11 is 1.14. The third-order valence-corrected chi connectivity index (χ3v) is 4.93. The van der Waals surface area contributed by atoms with Crippen LogP contribution in [0.3, 0.4) is 0 Å². The minimum Gasteiger partial charge on any atom is -0.461 e. The van der Waals surface area contributed by atoms with Crippen molar-refractivity contribution < 1.29 is 18.7 Å². The molecule has 7 nitrogen and oxygen atoms in total. The van der Waals surface area contributed by atoms with E-state index in [1.165, 1.54) is 24.3 Å². The van der Waals surface area contributed by atoms with Crippen molar-refractivity contribution in [3.63, 3.8) is 0 Å². The van der Waals surface area contributed by atoms with Crippen molar-refractivity contribution in [2.45, 2.75) is 27.2 Å². The Kier molecular flexibility index (Phi) is 6.07. The van der Waals surface area contributed by atoms with Crippen LogP contribution in [0.2, 0.25) is 0 Å². The molecule has 0 bridgehead atoms. The summed E-state index contributed by atoms with van der Waals surface area (Å²) in [6.45, 7) is 5.63. The summed E-state index contributed by atoms with van der Waals surface area (Å²) in [7, 11) is 0. The van der Waals surface area contributed by atoms with Crippen molar-refractivity contribution in [2.75, 3.05) is 11.9 Å². The molecular formula is C20H20FN3O4S. The van der Waals surface area contributed by atoms with Gasteiger partial charge in [0, 0.05) is 17.2 Å². The maximum absolute atomic E-state index is 13.3. The highest BCUT2D eigenvalue weighted by atomic mass is 32.1. The summed E-state index contributed by atoms with van der Waals surface area (Å²) in [6, 6.07) is 5.15. The molecule has 0 spiro atoms. The third kappa shape index (κ3) is 4.34. The topological polar surface area (TPSA) is 90.3 Å². The average molecular weight is 417 g/mol. The number of esters is 1. The fourth-order valence-corrected chi connectivity index (χ4v) is 3.75. The first-order valence-electron chi connectivity index (χ1n) is 9.09. The highest BCUT2D eigenvalue weighted by Gasteiger charge is 2.23. The fraction of sp³-hybridized carbons (Fsp3) is 0.300. The van der Waals surface area contributed by atoms with Crippen molar-refractivity contribution in [1.82, 2.24) is 9.78 Å². The van der Waals surface area contributed by atoms with Crippen LogP contribution >= 0.6 is 11.3 Å². The summed E-state index contributed by atoms with van der Waals surface area (Å²) in [5.74, 6) is -1.24. The standard InChI is InChI=1S/C20H20FN3O4S/c1-4-28-20(27)17-14-10-29-18(22-15(25)9-11(2)3)16(14)19(26)24(23-17)13-7-5-12(21)6-8-13/h5-8,10-11H,4,9H2,1-3H3,(H,22,25). The number of hydrogen-bond donors (Lipinski definition) is 1. The van der Waals surface area contributed by atoms with Gasteiger partial charge in [-0.3, -0.25) is 9.59 Å². The maximum Gasteiger partial charge on any atom is 0.359 e. The molecule has 0 saturated heterocycles. The van der Waals surface area contributed by atoms with Gasteiger partial charge >= 0.3 is 5.97 Å². The number of nitrogens with one attached hydrogen (secondary N) is 1. The lowest BCUT2D eigenvalue weighted by Crippen LogP contribution is -2.25. The molecule has 152 valence electrons. The molecule has 29 heavy (non-hydrogen) atoms. The van der Waals surface area contributed by atoms with Gasteiger partial charge in [-0.15, -0.1) is 11.3 Å². The number of fused-ring (bicyclic) bond motifs is 1. The Morgan fingerprint density at radius 3 is 2.59 bits per heavy atom. The Morgan fingerprint density at radius 1 is 1.28 bits per heavy atom. The van der Waals surface area contributed by atoms with E-state index in [0.717, 1.165) is 16.0 Å². The number of ether oxygens (including phenoxy) is 1. The number of benzene rings is 1. The van der Waals surface area contributed by atoms with E-state index in [1.807, 2.05) is 13.8 Å². The van der Waals surface area contributed by atoms with E-state index in [2.05, 4.69) is 10.4 Å². The van der Waals surface area contributed by atoms with Crippen LogP contribution in [0, 0.1) is 11.7 Å². The van der Waals surface area contributed by atoms with E-state index in [4.69, 9.17) is 4.74 Å². The van der Waals surface area contributed by atoms with Crippen molar-refractivity contribution in [2.24, 2.45) is 5.92 Å². The number of aromatic nitrogens is 2. The first kappa shape index (κ1) is 20.7. The lowest BCUT2D eigenvalue weighted by molar-refractivity contribution is -0.116. The van der Waals surface area contributed by atoms with Gasteiger partial charge in [0.1, 0.15) is 10.8 Å². The maximum atomic E-state index is 13.3.